The van der Waals surface area contributed by atoms with E-state index in [0.29, 0.717) is 16.0 Å². The molecule has 0 spiro atoms. The lowest BCUT2D eigenvalue weighted by Gasteiger charge is -2.40. The molecule has 0 aliphatic carbocycles. The van der Waals surface area contributed by atoms with Crippen molar-refractivity contribution in [1.29, 1.82) is 0 Å². The van der Waals surface area contributed by atoms with Crippen LogP contribution in [0.15, 0.2) is 54.6 Å². The summed E-state index contributed by atoms with van der Waals surface area (Å²) in [5.74, 6) is -0.314. The maximum Gasteiger partial charge on any atom is 0.123 e. The third kappa shape index (κ3) is 4.35. The lowest BCUT2D eigenvalue weighted by atomic mass is 9.89. The van der Waals surface area contributed by atoms with E-state index in [9.17, 15) is 29.9 Å². The van der Waals surface area contributed by atoms with Crippen LogP contribution in [0.3, 0.4) is 0 Å². The number of hydrogen-bond donors (Lipinski definition) is 5. The second kappa shape index (κ2) is 9.36. The van der Waals surface area contributed by atoms with Crippen molar-refractivity contribution >= 4 is 11.3 Å². The molecule has 6 atom stereocenters. The number of ether oxygens (including phenoxy) is 1. The average Bonchev–Trinajstić information content (AvgIpc) is 3.29. The van der Waals surface area contributed by atoms with E-state index in [0.717, 1.165) is 16.0 Å². The van der Waals surface area contributed by atoms with Gasteiger partial charge in [-0.1, -0.05) is 24.3 Å². The van der Waals surface area contributed by atoms with Crippen molar-refractivity contribution in [2.75, 3.05) is 6.61 Å². The fraction of sp³-hybridized carbons (Fsp3) is 0.333. The fourth-order valence-corrected chi connectivity index (χ4v) is 4.95. The Hall–Kier alpha value is -2.17. The van der Waals surface area contributed by atoms with Crippen LogP contribution in [-0.4, -0.2) is 56.6 Å². The summed E-state index contributed by atoms with van der Waals surface area (Å²) in [6.45, 7) is 1.34. The Bertz CT molecular complexity index is 1070. The van der Waals surface area contributed by atoms with Crippen LogP contribution in [0.1, 0.15) is 33.8 Å². The van der Waals surface area contributed by atoms with Crippen LogP contribution >= 0.6 is 11.3 Å². The van der Waals surface area contributed by atoms with Gasteiger partial charge in [0.05, 0.1) is 6.61 Å². The monoisotopic (exact) mass is 460 g/mol. The molecule has 3 aromatic rings. The molecule has 170 valence electrons. The number of thiophene rings is 1. The molecule has 0 saturated carbocycles. The van der Waals surface area contributed by atoms with Gasteiger partial charge in [-0.3, -0.25) is 0 Å². The number of rotatable bonds is 5. The predicted octanol–water partition coefficient (Wildman–Crippen LogP) is 2.46. The van der Waals surface area contributed by atoms with Crippen molar-refractivity contribution in [3.63, 3.8) is 0 Å². The van der Waals surface area contributed by atoms with Crippen molar-refractivity contribution in [2.24, 2.45) is 0 Å². The van der Waals surface area contributed by atoms with Crippen molar-refractivity contribution in [2.45, 2.75) is 43.5 Å². The number of hydrogen-bond acceptors (Lipinski definition) is 7. The minimum atomic E-state index is -1.48. The first-order valence-corrected chi connectivity index (χ1v) is 11.1. The second-order valence-corrected chi connectivity index (χ2v) is 9.09. The molecule has 2 aromatic carbocycles. The van der Waals surface area contributed by atoms with Gasteiger partial charge in [0.15, 0.2) is 0 Å². The van der Waals surface area contributed by atoms with Crippen LogP contribution in [0.5, 0.6) is 0 Å². The molecule has 0 radical (unpaired) electrons. The number of halogens is 1. The summed E-state index contributed by atoms with van der Waals surface area (Å²) in [6.07, 6.45) is -7.24. The Labute approximate surface area is 188 Å². The molecule has 6 nitrogen and oxygen atoms in total. The maximum absolute atomic E-state index is 13.2. The molecule has 0 amide bonds. The van der Waals surface area contributed by atoms with Crippen LogP contribution in [0, 0.1) is 12.7 Å². The zero-order valence-electron chi connectivity index (χ0n) is 17.3. The molecule has 5 N–H and O–H groups in total. The second-order valence-electron chi connectivity index (χ2n) is 7.98. The number of aliphatic hydroxyl groups excluding tert-OH is 5. The van der Waals surface area contributed by atoms with Crippen molar-refractivity contribution < 1.29 is 34.7 Å². The molecule has 32 heavy (non-hydrogen) atoms. The largest absolute Gasteiger partial charge is 0.394 e. The Balaban J connectivity index is 1.62. The first-order chi connectivity index (χ1) is 15.3. The van der Waals surface area contributed by atoms with Crippen molar-refractivity contribution in [3.8, 4) is 10.4 Å². The molecule has 0 bridgehead atoms. The smallest absolute Gasteiger partial charge is 0.123 e. The van der Waals surface area contributed by atoms with Gasteiger partial charge in [-0.2, -0.15) is 0 Å². The summed E-state index contributed by atoms with van der Waals surface area (Å²) >= 11 is 1.39. The van der Waals surface area contributed by atoms with Crippen LogP contribution in [0.2, 0.25) is 0 Å². The van der Waals surface area contributed by atoms with Gasteiger partial charge in [0.1, 0.15) is 42.4 Å². The van der Waals surface area contributed by atoms with E-state index < -0.39 is 43.2 Å². The molecule has 8 heteroatoms. The van der Waals surface area contributed by atoms with Gasteiger partial charge < -0.3 is 30.3 Å². The zero-order valence-corrected chi connectivity index (χ0v) is 18.1. The standard InChI is InChI=1S/C24H25FO6S/c1-12-2-3-14(24-23(30)22(29)21(28)17(11-26)31-24)10-16(12)20(27)19-9-8-18(32-19)13-4-6-15(25)7-5-13/h2-10,17,20-24,26-30H,11H2,1H3/t17-,20?,21-,22+,23-,24?/m1/s1. The average molecular weight is 461 g/mol. The van der Waals surface area contributed by atoms with Crippen molar-refractivity contribution in [1.82, 2.24) is 0 Å². The quantitative estimate of drug-likeness (QED) is 0.400. The third-order valence-corrected chi connectivity index (χ3v) is 7.03. The highest BCUT2D eigenvalue weighted by atomic mass is 32.1. The highest BCUT2D eigenvalue weighted by Crippen LogP contribution is 2.38. The van der Waals surface area contributed by atoms with Crippen molar-refractivity contribution in [3.05, 3.63) is 82.0 Å². The molecule has 1 aromatic heterocycles. The maximum atomic E-state index is 13.2. The van der Waals surface area contributed by atoms with Gasteiger partial charge in [-0.05, 0) is 59.5 Å². The first kappa shape index (κ1) is 23.0. The van der Waals surface area contributed by atoms with Gasteiger partial charge in [0, 0.05) is 9.75 Å². The highest BCUT2D eigenvalue weighted by Gasteiger charge is 2.44. The van der Waals surface area contributed by atoms with Gasteiger partial charge in [-0.25, -0.2) is 4.39 Å². The molecule has 2 heterocycles. The predicted molar refractivity (Wildman–Crippen MR) is 118 cm³/mol. The lowest BCUT2D eigenvalue weighted by molar-refractivity contribution is -0.231. The Morgan fingerprint density at radius 1 is 0.969 bits per heavy atom. The summed E-state index contributed by atoms with van der Waals surface area (Å²) in [7, 11) is 0. The van der Waals surface area contributed by atoms with Gasteiger partial charge in [-0.15, -0.1) is 11.3 Å². The molecule has 1 saturated heterocycles. The SMILES string of the molecule is Cc1ccc(C2O[C@H](CO)[C@@H](O)[C@H](O)[C@H]2O)cc1C(O)c1ccc(-c2ccc(F)cc2)s1. The molecule has 1 aliphatic heterocycles. The summed E-state index contributed by atoms with van der Waals surface area (Å²) < 4.78 is 18.9. The molecule has 1 aliphatic rings. The van der Waals surface area contributed by atoms with Crippen LogP contribution in [0.4, 0.5) is 4.39 Å². The number of aryl methyl sites for hydroxylation is 1. The topological polar surface area (TPSA) is 110 Å². The minimum Gasteiger partial charge on any atom is -0.394 e. The molecule has 4 rings (SSSR count). The Morgan fingerprint density at radius 2 is 1.69 bits per heavy atom. The van der Waals surface area contributed by atoms with Gasteiger partial charge >= 0.3 is 0 Å². The number of aliphatic hydroxyl groups is 5. The zero-order chi connectivity index (χ0) is 23.0. The minimum absolute atomic E-state index is 0.314. The lowest BCUT2D eigenvalue weighted by Crippen LogP contribution is -2.55. The van der Waals surface area contributed by atoms with E-state index in [2.05, 4.69) is 0 Å². The van der Waals surface area contributed by atoms with Crippen LogP contribution in [-0.2, 0) is 4.74 Å². The highest BCUT2D eigenvalue weighted by molar-refractivity contribution is 7.15. The Kier molecular flexibility index (Phi) is 6.73. The molecule has 2 unspecified atom stereocenters. The van der Waals surface area contributed by atoms with Crippen LogP contribution < -0.4 is 0 Å². The van der Waals surface area contributed by atoms with E-state index in [1.54, 1.807) is 30.3 Å². The van der Waals surface area contributed by atoms with Gasteiger partial charge in [0.2, 0.25) is 0 Å². The van der Waals surface area contributed by atoms with E-state index in [1.165, 1.54) is 23.5 Å². The van der Waals surface area contributed by atoms with E-state index in [1.807, 2.05) is 19.1 Å². The van der Waals surface area contributed by atoms with E-state index in [-0.39, 0.29) is 5.82 Å². The summed E-state index contributed by atoms with van der Waals surface area (Å²) in [5.41, 5.74) is 2.79. The third-order valence-electron chi connectivity index (χ3n) is 5.84. The summed E-state index contributed by atoms with van der Waals surface area (Å²) in [4.78, 5) is 1.58. The normalized spacial score (nSPS) is 26.8. The van der Waals surface area contributed by atoms with Crippen LogP contribution in [0.25, 0.3) is 10.4 Å². The number of benzene rings is 2. The molecular weight excluding hydrogens is 435 g/mol. The Morgan fingerprint density at radius 3 is 2.38 bits per heavy atom. The van der Waals surface area contributed by atoms with E-state index in [4.69, 9.17) is 4.74 Å². The first-order valence-electron chi connectivity index (χ1n) is 10.2. The van der Waals surface area contributed by atoms with E-state index >= 15 is 0 Å². The molecular formula is C24H25FO6S. The summed E-state index contributed by atoms with van der Waals surface area (Å²) in [6, 6.07) is 15.0. The van der Waals surface area contributed by atoms with Gasteiger partial charge in [0.25, 0.3) is 0 Å². The summed E-state index contributed by atoms with van der Waals surface area (Å²) in [5, 5.41) is 51.1. The fourth-order valence-electron chi connectivity index (χ4n) is 3.93. The molecule has 1 fully saturated rings.